The van der Waals surface area contributed by atoms with E-state index in [1.165, 1.54) is 0 Å². The van der Waals surface area contributed by atoms with Gasteiger partial charge in [-0.1, -0.05) is 31.1 Å². The first-order valence-corrected chi connectivity index (χ1v) is 6.69. The lowest BCUT2D eigenvalue weighted by molar-refractivity contribution is 0.459. The highest BCUT2D eigenvalue weighted by Crippen LogP contribution is 2.25. The first-order valence-electron chi connectivity index (χ1n) is 5.13. The number of nitrogens with one attached hydrogen (secondary N) is 1. The molecule has 2 aromatic rings. The number of hydrogen-bond acceptors (Lipinski definition) is 3. The summed E-state index contributed by atoms with van der Waals surface area (Å²) < 4.78 is 18.8. The van der Waals surface area contributed by atoms with Gasteiger partial charge in [-0.2, -0.15) is 0 Å². The van der Waals surface area contributed by atoms with Crippen molar-refractivity contribution in [2.75, 3.05) is 11.0 Å². The van der Waals surface area contributed by atoms with Crippen molar-refractivity contribution in [1.29, 1.82) is 0 Å². The predicted octanol–water partition coefficient (Wildman–Crippen LogP) is 2.87. The Morgan fingerprint density at radius 3 is 2.69 bits per heavy atom. The first kappa shape index (κ1) is 12.7. The molecular weight excluding hydrogens is 224 g/mol. The van der Waals surface area contributed by atoms with Crippen LogP contribution >= 0.6 is 0 Å². The molecule has 1 atom stereocenters. The molecule has 0 aliphatic rings. The number of anilines is 1. The average Bonchev–Trinajstić information content (AvgIpc) is 2.65. The standard InChI is InChI=1S/C9H10N2O2S.C2H6/c1-6-4-3-5-7-8(6)13-10-9(7)11-14(2)12;1-2/h3-5H,1-2H3,(H,10,11);1-2H3. The number of benzene rings is 1. The summed E-state index contributed by atoms with van der Waals surface area (Å²) in [7, 11) is -1.13. The van der Waals surface area contributed by atoms with Crippen LogP contribution in [0.25, 0.3) is 11.0 Å². The van der Waals surface area contributed by atoms with Gasteiger partial charge >= 0.3 is 0 Å². The van der Waals surface area contributed by atoms with E-state index in [1.54, 1.807) is 6.26 Å². The maximum absolute atomic E-state index is 11.0. The molecule has 1 aromatic carbocycles. The lowest BCUT2D eigenvalue weighted by atomic mass is 10.2. The summed E-state index contributed by atoms with van der Waals surface area (Å²) in [5, 5.41) is 4.68. The molecule has 1 unspecified atom stereocenters. The summed E-state index contributed by atoms with van der Waals surface area (Å²) in [5.74, 6) is 0.532. The molecule has 0 amide bonds. The molecule has 2 rings (SSSR count). The zero-order valence-corrected chi connectivity index (χ0v) is 10.7. The van der Waals surface area contributed by atoms with E-state index in [0.29, 0.717) is 5.82 Å². The summed E-state index contributed by atoms with van der Waals surface area (Å²) in [6.45, 7) is 5.94. The number of para-hydroxylation sites is 1. The molecule has 1 heterocycles. The van der Waals surface area contributed by atoms with E-state index in [-0.39, 0.29) is 0 Å². The van der Waals surface area contributed by atoms with E-state index < -0.39 is 11.0 Å². The molecule has 0 aliphatic heterocycles. The Morgan fingerprint density at radius 2 is 2.06 bits per heavy atom. The largest absolute Gasteiger partial charge is 0.354 e. The molecule has 0 radical (unpaired) electrons. The Bertz CT molecular complexity index is 494. The van der Waals surface area contributed by atoms with Gasteiger partial charge in [-0.15, -0.1) is 0 Å². The van der Waals surface area contributed by atoms with Crippen LogP contribution in [0.1, 0.15) is 19.4 Å². The maximum Gasteiger partial charge on any atom is 0.189 e. The lowest BCUT2D eigenvalue weighted by Gasteiger charge is -1.96. The SMILES string of the molecule is CC.Cc1cccc2c(NS(C)=O)noc12. The molecule has 5 heteroatoms. The summed E-state index contributed by atoms with van der Waals surface area (Å²) in [6, 6.07) is 5.74. The van der Waals surface area contributed by atoms with Crippen molar-refractivity contribution in [3.8, 4) is 0 Å². The van der Waals surface area contributed by atoms with Crippen molar-refractivity contribution in [3.63, 3.8) is 0 Å². The van der Waals surface area contributed by atoms with Gasteiger partial charge in [-0.3, -0.25) is 4.72 Å². The third kappa shape index (κ3) is 2.61. The zero-order chi connectivity index (χ0) is 12.1. The smallest absolute Gasteiger partial charge is 0.189 e. The van der Waals surface area contributed by atoms with Gasteiger partial charge in [-0.05, 0) is 18.6 Å². The van der Waals surface area contributed by atoms with E-state index in [0.717, 1.165) is 16.5 Å². The number of fused-ring (bicyclic) bond motifs is 1. The second kappa shape index (κ2) is 5.65. The normalized spacial score (nSPS) is 11.8. The van der Waals surface area contributed by atoms with Gasteiger partial charge in [0.15, 0.2) is 11.4 Å². The Hall–Kier alpha value is -1.36. The van der Waals surface area contributed by atoms with Crippen molar-refractivity contribution >= 4 is 27.8 Å². The Labute approximate surface area is 97.6 Å². The van der Waals surface area contributed by atoms with E-state index in [4.69, 9.17) is 4.52 Å². The minimum atomic E-state index is -1.13. The van der Waals surface area contributed by atoms with Crippen LogP contribution in [0.15, 0.2) is 22.7 Å². The molecule has 0 fully saturated rings. The van der Waals surface area contributed by atoms with Crippen LogP contribution < -0.4 is 4.72 Å². The lowest BCUT2D eigenvalue weighted by Crippen LogP contribution is -2.01. The van der Waals surface area contributed by atoms with Gasteiger partial charge in [-0.25, -0.2) is 4.21 Å². The van der Waals surface area contributed by atoms with Gasteiger partial charge in [0.1, 0.15) is 11.0 Å². The topological polar surface area (TPSA) is 55.1 Å². The van der Waals surface area contributed by atoms with Crippen molar-refractivity contribution in [2.45, 2.75) is 20.8 Å². The van der Waals surface area contributed by atoms with Crippen LogP contribution in [-0.2, 0) is 11.0 Å². The van der Waals surface area contributed by atoms with Crippen LogP contribution in [-0.4, -0.2) is 15.6 Å². The number of rotatable bonds is 2. The molecular formula is C11H16N2O2S. The van der Waals surface area contributed by atoms with Crippen molar-refractivity contribution in [2.24, 2.45) is 0 Å². The molecule has 0 aliphatic carbocycles. The van der Waals surface area contributed by atoms with Crippen molar-refractivity contribution < 1.29 is 8.73 Å². The first-order chi connectivity index (χ1) is 7.68. The summed E-state index contributed by atoms with van der Waals surface area (Å²) in [5.41, 5.74) is 1.75. The molecule has 0 saturated carbocycles. The number of aryl methyl sites for hydroxylation is 1. The Balaban J connectivity index is 0.000000606. The molecule has 88 valence electrons. The number of aromatic nitrogens is 1. The Kier molecular flexibility index (Phi) is 4.49. The summed E-state index contributed by atoms with van der Waals surface area (Å²) in [4.78, 5) is 0. The third-order valence-electron chi connectivity index (χ3n) is 1.94. The van der Waals surface area contributed by atoms with E-state index in [9.17, 15) is 4.21 Å². The van der Waals surface area contributed by atoms with Gasteiger partial charge in [0, 0.05) is 6.26 Å². The monoisotopic (exact) mass is 240 g/mol. The molecule has 4 nitrogen and oxygen atoms in total. The van der Waals surface area contributed by atoms with Crippen LogP contribution in [0.2, 0.25) is 0 Å². The zero-order valence-electron chi connectivity index (χ0n) is 9.90. The predicted molar refractivity (Wildman–Crippen MR) is 67.8 cm³/mol. The maximum atomic E-state index is 11.0. The molecule has 1 aromatic heterocycles. The highest BCUT2D eigenvalue weighted by Gasteiger charge is 2.09. The number of nitrogens with zero attached hydrogens (tertiary/aromatic N) is 1. The molecule has 16 heavy (non-hydrogen) atoms. The van der Waals surface area contributed by atoms with Crippen LogP contribution in [0.4, 0.5) is 5.82 Å². The number of hydrogen-bond donors (Lipinski definition) is 1. The molecule has 0 saturated heterocycles. The van der Waals surface area contributed by atoms with Crippen LogP contribution in [0.3, 0.4) is 0 Å². The molecule has 0 bridgehead atoms. The molecule has 1 N–H and O–H groups in total. The van der Waals surface area contributed by atoms with Crippen LogP contribution in [0.5, 0.6) is 0 Å². The van der Waals surface area contributed by atoms with Crippen molar-refractivity contribution in [1.82, 2.24) is 5.16 Å². The third-order valence-corrected chi connectivity index (χ3v) is 2.42. The van der Waals surface area contributed by atoms with Crippen LogP contribution in [0, 0.1) is 6.92 Å². The van der Waals surface area contributed by atoms with E-state index >= 15 is 0 Å². The second-order valence-corrected chi connectivity index (χ2v) is 4.15. The van der Waals surface area contributed by atoms with Gasteiger partial charge in [0.25, 0.3) is 0 Å². The highest BCUT2D eigenvalue weighted by atomic mass is 32.2. The minimum Gasteiger partial charge on any atom is -0.354 e. The van der Waals surface area contributed by atoms with Crippen molar-refractivity contribution in [3.05, 3.63) is 23.8 Å². The second-order valence-electron chi connectivity index (χ2n) is 3.04. The highest BCUT2D eigenvalue weighted by molar-refractivity contribution is 7.85. The van der Waals surface area contributed by atoms with E-state index in [1.807, 2.05) is 39.0 Å². The summed E-state index contributed by atoms with van der Waals surface area (Å²) in [6.07, 6.45) is 1.55. The summed E-state index contributed by atoms with van der Waals surface area (Å²) >= 11 is 0. The fourth-order valence-electron chi connectivity index (χ4n) is 1.31. The van der Waals surface area contributed by atoms with Gasteiger partial charge < -0.3 is 4.52 Å². The van der Waals surface area contributed by atoms with E-state index in [2.05, 4.69) is 9.88 Å². The van der Waals surface area contributed by atoms with Gasteiger partial charge in [0.2, 0.25) is 0 Å². The fourth-order valence-corrected chi connectivity index (χ4v) is 1.73. The Morgan fingerprint density at radius 1 is 1.38 bits per heavy atom. The van der Waals surface area contributed by atoms with Gasteiger partial charge in [0.05, 0.1) is 5.39 Å². The quantitative estimate of drug-likeness (QED) is 0.878. The fraction of sp³-hybridized carbons (Fsp3) is 0.364. The average molecular weight is 240 g/mol. The molecule has 0 spiro atoms. The minimum absolute atomic E-state index is 0.532.